The normalized spacial score (nSPS) is 20.5. The number of rotatable bonds is 5. The van der Waals surface area contributed by atoms with E-state index in [2.05, 4.69) is 4.98 Å². The van der Waals surface area contributed by atoms with Crippen LogP contribution in [0.25, 0.3) is 11.1 Å². The Morgan fingerprint density at radius 2 is 2.04 bits per heavy atom. The van der Waals surface area contributed by atoms with Crippen LogP contribution in [0.2, 0.25) is 0 Å². The van der Waals surface area contributed by atoms with Crippen LogP contribution in [0.3, 0.4) is 0 Å². The fraction of sp³-hybridized carbons (Fsp3) is 0.400. The Morgan fingerprint density at radius 1 is 1.18 bits per heavy atom. The summed E-state index contributed by atoms with van der Waals surface area (Å²) in [7, 11) is 0. The summed E-state index contributed by atoms with van der Waals surface area (Å²) < 4.78 is 1.86. The molecule has 1 N–H and O–H groups in total. The third-order valence-corrected chi connectivity index (χ3v) is 6.28. The highest BCUT2D eigenvalue weighted by molar-refractivity contribution is 8.00. The first-order chi connectivity index (χ1) is 13.5. The molecule has 0 spiro atoms. The number of aromatic nitrogens is 2. The van der Waals surface area contributed by atoms with Crippen LogP contribution in [0.5, 0.6) is 0 Å². The van der Waals surface area contributed by atoms with Crippen molar-refractivity contribution in [1.29, 1.82) is 0 Å². The van der Waals surface area contributed by atoms with Gasteiger partial charge in [-0.2, -0.15) is 0 Å². The first-order valence-electron chi connectivity index (χ1n) is 9.24. The summed E-state index contributed by atoms with van der Waals surface area (Å²) in [6.45, 7) is 1.80. The second kappa shape index (κ2) is 7.79. The summed E-state index contributed by atoms with van der Waals surface area (Å²) in [5.41, 5.74) is 2.43. The lowest BCUT2D eigenvalue weighted by atomic mass is 9.83. The fourth-order valence-corrected chi connectivity index (χ4v) is 4.84. The van der Waals surface area contributed by atoms with Crippen molar-refractivity contribution in [2.45, 2.75) is 18.9 Å². The highest BCUT2D eigenvalue weighted by atomic mass is 32.2. The topological polar surface area (TPSA) is 92.5 Å². The minimum atomic E-state index is -0.911. The van der Waals surface area contributed by atoms with E-state index in [4.69, 9.17) is 5.11 Å². The number of hydrogen-bond donors (Lipinski definition) is 1. The summed E-state index contributed by atoms with van der Waals surface area (Å²) in [5, 5.41) is 8.73. The lowest BCUT2D eigenvalue weighted by Gasteiger charge is -2.43. The summed E-state index contributed by atoms with van der Waals surface area (Å²) in [5.74, 6) is -0.451. The number of carboxylic acids is 1. The molecular formula is C20H21N3O4S. The van der Waals surface area contributed by atoms with Crippen molar-refractivity contribution in [2.75, 3.05) is 24.6 Å². The first-order valence-corrected chi connectivity index (χ1v) is 10.4. The first kappa shape index (κ1) is 18.7. The molecule has 2 aromatic rings. The van der Waals surface area contributed by atoms with Gasteiger partial charge in [-0.1, -0.05) is 6.07 Å². The van der Waals surface area contributed by atoms with E-state index in [9.17, 15) is 14.4 Å². The third kappa shape index (κ3) is 3.69. The number of carbonyl (C=O) groups excluding carboxylic acids is 1. The van der Waals surface area contributed by atoms with E-state index in [1.54, 1.807) is 12.4 Å². The molecule has 28 heavy (non-hydrogen) atoms. The smallest absolute Gasteiger partial charge is 0.313 e. The Hall–Kier alpha value is -2.61. The van der Waals surface area contributed by atoms with Gasteiger partial charge in [0.05, 0.1) is 11.5 Å². The number of amides is 1. The van der Waals surface area contributed by atoms with Crippen molar-refractivity contribution in [2.24, 2.45) is 5.92 Å². The van der Waals surface area contributed by atoms with Gasteiger partial charge in [0, 0.05) is 54.8 Å². The molecule has 2 bridgehead atoms. The van der Waals surface area contributed by atoms with E-state index in [0.29, 0.717) is 25.2 Å². The van der Waals surface area contributed by atoms with E-state index < -0.39 is 5.97 Å². The standard InChI is InChI=1S/C20H21N3O4S/c24-18(11-28-12-19(25)26)22-8-13-6-15(10-22)17-4-3-16(20(27)23(17)9-13)14-2-1-5-21-7-14/h1-5,7,13,15H,6,8-12H2,(H,25,26)/t13-,15-/m1/s1. The molecule has 2 aliphatic heterocycles. The maximum Gasteiger partial charge on any atom is 0.313 e. The molecule has 2 aliphatic rings. The van der Waals surface area contributed by atoms with Gasteiger partial charge in [0.15, 0.2) is 0 Å². The number of piperidine rings is 1. The Labute approximate surface area is 166 Å². The van der Waals surface area contributed by atoms with Gasteiger partial charge >= 0.3 is 5.97 Å². The fourth-order valence-electron chi connectivity index (χ4n) is 4.21. The molecule has 2 aromatic heterocycles. The third-order valence-electron chi connectivity index (χ3n) is 5.38. The summed E-state index contributed by atoms with van der Waals surface area (Å²) in [6, 6.07) is 7.56. The molecule has 2 atom stereocenters. The lowest BCUT2D eigenvalue weighted by Crippen LogP contribution is -2.49. The average Bonchev–Trinajstić information content (AvgIpc) is 2.69. The SMILES string of the molecule is O=C(O)CSCC(=O)N1C[C@H]2C[C@H](C1)c1ccc(-c3cccnc3)c(=O)n1C2. The molecule has 1 fully saturated rings. The molecule has 146 valence electrons. The van der Waals surface area contributed by atoms with Crippen LogP contribution in [-0.2, 0) is 16.1 Å². The predicted octanol–water partition coefficient (Wildman–Crippen LogP) is 1.67. The zero-order chi connectivity index (χ0) is 19.7. The Balaban J connectivity index is 1.54. The molecule has 0 saturated carbocycles. The lowest BCUT2D eigenvalue weighted by molar-refractivity contribution is -0.133. The van der Waals surface area contributed by atoms with Crippen molar-refractivity contribution in [3.63, 3.8) is 0 Å². The molecule has 4 rings (SSSR count). The number of aliphatic carboxylic acids is 1. The van der Waals surface area contributed by atoms with Crippen LogP contribution in [0, 0.1) is 5.92 Å². The second-order valence-corrected chi connectivity index (χ2v) is 8.30. The number of carbonyl (C=O) groups is 2. The van der Waals surface area contributed by atoms with Crippen LogP contribution in [-0.4, -0.2) is 56.0 Å². The Morgan fingerprint density at radius 3 is 2.79 bits per heavy atom. The molecule has 7 nitrogen and oxygen atoms in total. The van der Waals surface area contributed by atoms with Crippen LogP contribution < -0.4 is 5.56 Å². The van der Waals surface area contributed by atoms with Gasteiger partial charge < -0.3 is 14.6 Å². The quantitative estimate of drug-likeness (QED) is 0.822. The van der Waals surface area contributed by atoms with Crippen LogP contribution >= 0.6 is 11.8 Å². The van der Waals surface area contributed by atoms with Crippen molar-refractivity contribution in [1.82, 2.24) is 14.5 Å². The maximum absolute atomic E-state index is 13.1. The van der Waals surface area contributed by atoms with Gasteiger partial charge in [-0.25, -0.2) is 0 Å². The van der Waals surface area contributed by atoms with Gasteiger partial charge in [-0.05, 0) is 30.5 Å². The predicted molar refractivity (Wildman–Crippen MR) is 106 cm³/mol. The van der Waals surface area contributed by atoms with E-state index >= 15 is 0 Å². The maximum atomic E-state index is 13.1. The molecule has 1 saturated heterocycles. The number of nitrogens with zero attached hydrogens (tertiary/aromatic N) is 3. The molecule has 4 heterocycles. The summed E-state index contributed by atoms with van der Waals surface area (Å²) in [4.78, 5) is 42.1. The molecule has 0 radical (unpaired) electrons. The monoisotopic (exact) mass is 399 g/mol. The molecule has 0 aromatic carbocycles. The number of pyridine rings is 2. The van der Waals surface area contributed by atoms with Gasteiger partial charge in [0.2, 0.25) is 5.91 Å². The number of hydrogen-bond acceptors (Lipinski definition) is 5. The van der Waals surface area contributed by atoms with Crippen molar-refractivity contribution in [3.05, 3.63) is 52.7 Å². The minimum absolute atomic E-state index is 0.00279. The van der Waals surface area contributed by atoms with Gasteiger partial charge in [0.25, 0.3) is 5.56 Å². The van der Waals surface area contributed by atoms with E-state index in [1.165, 1.54) is 0 Å². The second-order valence-electron chi connectivity index (χ2n) is 7.31. The molecular weight excluding hydrogens is 378 g/mol. The zero-order valence-electron chi connectivity index (χ0n) is 15.3. The van der Waals surface area contributed by atoms with E-state index in [1.807, 2.05) is 33.7 Å². The summed E-state index contributed by atoms with van der Waals surface area (Å²) >= 11 is 1.13. The van der Waals surface area contributed by atoms with Crippen LogP contribution in [0.15, 0.2) is 41.5 Å². The number of fused-ring (bicyclic) bond motifs is 4. The molecule has 0 aliphatic carbocycles. The number of thioether (sulfide) groups is 1. The summed E-state index contributed by atoms with van der Waals surface area (Å²) in [6.07, 6.45) is 4.35. The van der Waals surface area contributed by atoms with Crippen LogP contribution in [0.4, 0.5) is 0 Å². The van der Waals surface area contributed by atoms with Gasteiger partial charge in [-0.3, -0.25) is 19.4 Å². The number of likely N-dealkylation sites (tertiary alicyclic amines) is 1. The highest BCUT2D eigenvalue weighted by Gasteiger charge is 2.36. The van der Waals surface area contributed by atoms with Gasteiger partial charge in [-0.15, -0.1) is 11.8 Å². The molecule has 1 amide bonds. The molecule has 8 heteroatoms. The zero-order valence-corrected chi connectivity index (χ0v) is 16.1. The Bertz CT molecular complexity index is 960. The van der Waals surface area contributed by atoms with E-state index in [-0.39, 0.29) is 34.8 Å². The van der Waals surface area contributed by atoms with Crippen molar-refractivity contribution < 1.29 is 14.7 Å². The van der Waals surface area contributed by atoms with Crippen molar-refractivity contribution >= 4 is 23.6 Å². The molecule has 0 unspecified atom stereocenters. The van der Waals surface area contributed by atoms with Crippen molar-refractivity contribution in [3.8, 4) is 11.1 Å². The number of carboxylic acid groups (broad SMARTS) is 1. The highest BCUT2D eigenvalue weighted by Crippen LogP contribution is 2.36. The minimum Gasteiger partial charge on any atom is -0.481 e. The average molecular weight is 399 g/mol. The Kier molecular flexibility index (Phi) is 5.21. The van der Waals surface area contributed by atoms with Crippen LogP contribution in [0.1, 0.15) is 18.0 Å². The largest absolute Gasteiger partial charge is 0.481 e. The van der Waals surface area contributed by atoms with E-state index in [0.717, 1.165) is 29.4 Å². The van der Waals surface area contributed by atoms with Gasteiger partial charge in [0.1, 0.15) is 0 Å².